The zero-order chi connectivity index (χ0) is 12.5. The summed E-state index contributed by atoms with van der Waals surface area (Å²) < 4.78 is 0. The van der Waals surface area contributed by atoms with E-state index in [-0.39, 0.29) is 28.5 Å². The fourth-order valence-corrected chi connectivity index (χ4v) is 1.55. The third-order valence-electron chi connectivity index (χ3n) is 2.34. The van der Waals surface area contributed by atoms with Gasteiger partial charge in [-0.05, 0) is 12.5 Å². The highest BCUT2D eigenvalue weighted by Gasteiger charge is 2.19. The minimum Gasteiger partial charge on any atom is -0.504 e. The van der Waals surface area contributed by atoms with Gasteiger partial charge in [-0.15, -0.1) is 0 Å². The van der Waals surface area contributed by atoms with Crippen LogP contribution in [0.5, 0.6) is 11.5 Å². The van der Waals surface area contributed by atoms with E-state index in [0.29, 0.717) is 5.56 Å². The number of hydrogen-bond donors (Lipinski definition) is 4. The van der Waals surface area contributed by atoms with Crippen molar-refractivity contribution in [2.75, 3.05) is 0 Å². The van der Waals surface area contributed by atoms with Gasteiger partial charge in [-0.2, -0.15) is 0 Å². The Balaban J connectivity index is 3.17. The summed E-state index contributed by atoms with van der Waals surface area (Å²) in [5.41, 5.74) is 6.11. The molecule has 0 heterocycles. The van der Waals surface area contributed by atoms with Crippen LogP contribution >= 0.6 is 11.6 Å². The summed E-state index contributed by atoms with van der Waals surface area (Å²) in [5.74, 6) is -1.94. The topological polar surface area (TPSA) is 104 Å². The molecule has 0 aliphatic rings. The molecule has 16 heavy (non-hydrogen) atoms. The Hall–Kier alpha value is -1.46. The second-order valence-electron chi connectivity index (χ2n) is 3.48. The molecule has 1 unspecified atom stereocenters. The molecule has 0 amide bonds. The molecule has 0 fully saturated rings. The monoisotopic (exact) mass is 245 g/mol. The standard InChI is InChI=1S/C10H12ClNO4/c1-4-5(2-7(12)10(15)16)9(14)8(13)3-6(4)11/h3,7,13-14H,2,12H2,1H3,(H,15,16). The van der Waals surface area contributed by atoms with Crippen molar-refractivity contribution < 1.29 is 20.1 Å². The normalized spacial score (nSPS) is 12.4. The lowest BCUT2D eigenvalue weighted by Crippen LogP contribution is -2.32. The van der Waals surface area contributed by atoms with Crippen LogP contribution in [0.3, 0.4) is 0 Å². The molecule has 88 valence electrons. The molecule has 0 saturated carbocycles. The van der Waals surface area contributed by atoms with E-state index in [0.717, 1.165) is 0 Å². The van der Waals surface area contributed by atoms with Gasteiger partial charge >= 0.3 is 5.97 Å². The smallest absolute Gasteiger partial charge is 0.320 e. The number of phenols is 2. The average Bonchev–Trinajstić information content (AvgIpc) is 2.21. The van der Waals surface area contributed by atoms with Crippen molar-refractivity contribution >= 4 is 17.6 Å². The van der Waals surface area contributed by atoms with Crippen molar-refractivity contribution in [3.05, 3.63) is 22.2 Å². The maximum absolute atomic E-state index is 10.6. The van der Waals surface area contributed by atoms with Crippen LogP contribution < -0.4 is 5.73 Å². The number of hydrogen-bond acceptors (Lipinski definition) is 4. The second-order valence-corrected chi connectivity index (χ2v) is 3.89. The first-order valence-corrected chi connectivity index (χ1v) is 4.90. The van der Waals surface area contributed by atoms with Crippen LogP contribution in [0.4, 0.5) is 0 Å². The van der Waals surface area contributed by atoms with Gasteiger partial charge in [0.25, 0.3) is 0 Å². The zero-order valence-electron chi connectivity index (χ0n) is 8.57. The first-order chi connectivity index (χ1) is 7.34. The Morgan fingerprint density at radius 1 is 1.56 bits per heavy atom. The van der Waals surface area contributed by atoms with Crippen LogP contribution in [0.2, 0.25) is 5.02 Å². The summed E-state index contributed by atoms with van der Waals surface area (Å²) in [6.07, 6.45) is -0.0961. The van der Waals surface area contributed by atoms with Gasteiger partial charge in [-0.3, -0.25) is 4.79 Å². The number of aromatic hydroxyl groups is 2. The molecule has 6 heteroatoms. The van der Waals surface area contributed by atoms with E-state index >= 15 is 0 Å². The van der Waals surface area contributed by atoms with Gasteiger partial charge in [-0.1, -0.05) is 11.6 Å². The minimum absolute atomic E-state index is 0.0961. The third kappa shape index (κ3) is 2.37. The zero-order valence-corrected chi connectivity index (χ0v) is 9.32. The van der Waals surface area contributed by atoms with Crippen molar-refractivity contribution in [1.29, 1.82) is 0 Å². The molecule has 1 atom stereocenters. The molecule has 5 nitrogen and oxygen atoms in total. The molecule has 1 aromatic rings. The van der Waals surface area contributed by atoms with Crippen molar-refractivity contribution in [3.8, 4) is 11.5 Å². The number of aliphatic carboxylic acids is 1. The number of rotatable bonds is 3. The molecule has 0 aromatic heterocycles. The fraction of sp³-hybridized carbons (Fsp3) is 0.300. The van der Waals surface area contributed by atoms with Crippen molar-refractivity contribution in [2.24, 2.45) is 5.73 Å². The van der Waals surface area contributed by atoms with Gasteiger partial charge in [0.1, 0.15) is 6.04 Å². The maximum atomic E-state index is 10.6. The Morgan fingerprint density at radius 2 is 2.12 bits per heavy atom. The molecule has 0 bridgehead atoms. The van der Waals surface area contributed by atoms with Crippen LogP contribution in [0.15, 0.2) is 6.07 Å². The molecule has 5 N–H and O–H groups in total. The Labute approximate surface area is 97.1 Å². The molecule has 0 radical (unpaired) electrons. The van der Waals surface area contributed by atoms with Crippen LogP contribution in [-0.4, -0.2) is 27.3 Å². The number of carbonyl (C=O) groups is 1. The first-order valence-electron chi connectivity index (χ1n) is 4.53. The summed E-state index contributed by atoms with van der Waals surface area (Å²) in [5, 5.41) is 27.8. The van der Waals surface area contributed by atoms with E-state index in [4.69, 9.17) is 22.4 Å². The van der Waals surface area contributed by atoms with Gasteiger partial charge < -0.3 is 21.1 Å². The van der Waals surface area contributed by atoms with E-state index in [1.54, 1.807) is 6.92 Å². The largest absolute Gasteiger partial charge is 0.504 e. The van der Waals surface area contributed by atoms with Gasteiger partial charge in [0.05, 0.1) is 0 Å². The quantitative estimate of drug-likeness (QED) is 0.595. The highest BCUT2D eigenvalue weighted by Crippen LogP contribution is 2.36. The molecule has 0 spiro atoms. The number of nitrogens with two attached hydrogens (primary N) is 1. The van der Waals surface area contributed by atoms with E-state index in [1.165, 1.54) is 6.07 Å². The number of carboxylic acids is 1. The van der Waals surface area contributed by atoms with E-state index in [1.807, 2.05) is 0 Å². The van der Waals surface area contributed by atoms with Gasteiger partial charge in [0, 0.05) is 23.1 Å². The van der Waals surface area contributed by atoms with Crippen LogP contribution in [0, 0.1) is 6.92 Å². The van der Waals surface area contributed by atoms with Crippen LogP contribution in [-0.2, 0) is 11.2 Å². The Morgan fingerprint density at radius 3 is 2.62 bits per heavy atom. The number of halogens is 1. The summed E-state index contributed by atoms with van der Waals surface area (Å²) in [7, 11) is 0. The van der Waals surface area contributed by atoms with Crippen molar-refractivity contribution in [1.82, 2.24) is 0 Å². The SMILES string of the molecule is Cc1c(Cl)cc(O)c(O)c1CC(N)C(=O)O. The average molecular weight is 246 g/mol. The lowest BCUT2D eigenvalue weighted by atomic mass is 10.00. The van der Waals surface area contributed by atoms with E-state index in [2.05, 4.69) is 0 Å². The third-order valence-corrected chi connectivity index (χ3v) is 2.74. The first kappa shape index (κ1) is 12.6. The molecule has 0 aliphatic carbocycles. The number of benzene rings is 1. The highest BCUT2D eigenvalue weighted by atomic mass is 35.5. The minimum atomic E-state index is -1.18. The second kappa shape index (κ2) is 4.59. The fourth-order valence-electron chi connectivity index (χ4n) is 1.33. The van der Waals surface area contributed by atoms with Crippen molar-refractivity contribution in [2.45, 2.75) is 19.4 Å². The van der Waals surface area contributed by atoms with E-state index < -0.39 is 12.0 Å². The van der Waals surface area contributed by atoms with Gasteiger partial charge in [0.2, 0.25) is 0 Å². The summed E-state index contributed by atoms with van der Waals surface area (Å²) >= 11 is 5.79. The molecular formula is C10H12ClNO4. The van der Waals surface area contributed by atoms with E-state index in [9.17, 15) is 15.0 Å². The van der Waals surface area contributed by atoms with Gasteiger partial charge in [0.15, 0.2) is 11.5 Å². The highest BCUT2D eigenvalue weighted by molar-refractivity contribution is 6.31. The predicted octanol–water partition coefficient (Wildman–Crippen LogP) is 1.01. The van der Waals surface area contributed by atoms with Gasteiger partial charge in [-0.25, -0.2) is 0 Å². The number of phenolic OH excluding ortho intramolecular Hbond substituents is 2. The Kier molecular flexibility index (Phi) is 3.62. The lowest BCUT2D eigenvalue weighted by Gasteiger charge is -2.13. The lowest BCUT2D eigenvalue weighted by molar-refractivity contribution is -0.138. The predicted molar refractivity (Wildman–Crippen MR) is 58.8 cm³/mol. The van der Waals surface area contributed by atoms with Crippen molar-refractivity contribution in [3.63, 3.8) is 0 Å². The molecule has 1 aromatic carbocycles. The maximum Gasteiger partial charge on any atom is 0.320 e. The number of carboxylic acid groups (broad SMARTS) is 1. The summed E-state index contributed by atoms with van der Waals surface area (Å²) in [6, 6.07) is 0.0459. The molecule has 0 aliphatic heterocycles. The molecule has 1 rings (SSSR count). The summed E-state index contributed by atoms with van der Waals surface area (Å²) in [6.45, 7) is 1.62. The Bertz CT molecular complexity index is 407. The van der Waals surface area contributed by atoms with Crippen LogP contribution in [0.1, 0.15) is 11.1 Å². The summed E-state index contributed by atoms with van der Waals surface area (Å²) in [4.78, 5) is 10.6. The van der Waals surface area contributed by atoms with Crippen LogP contribution in [0.25, 0.3) is 0 Å². The molecular weight excluding hydrogens is 234 g/mol. The molecule has 0 saturated heterocycles.